The monoisotopic (exact) mass is 454 g/mol. The maximum Gasteiger partial charge on any atom is 0.267 e. The van der Waals surface area contributed by atoms with Crippen LogP contribution in [0, 0.1) is 27.6 Å². The SMILES string of the molecule is [2H]c1c(C)cc(C)c(NC(=O)c2sccc2S(=O)(=O)Nc2onc(C([2H])([2H])[2H])c2C([2H])([2H])[2H])c1C(C)=O. The lowest BCUT2D eigenvalue weighted by Gasteiger charge is -2.14. The fourth-order valence-electron chi connectivity index (χ4n) is 2.70. The minimum atomic E-state index is -4.68. The molecule has 0 atom stereocenters. The van der Waals surface area contributed by atoms with Crippen LogP contribution in [0.1, 0.15) is 58.9 Å². The van der Waals surface area contributed by atoms with Crippen molar-refractivity contribution in [1.29, 1.82) is 0 Å². The quantitative estimate of drug-likeness (QED) is 0.538. The third-order valence-electron chi connectivity index (χ3n) is 4.03. The smallest absolute Gasteiger partial charge is 0.267 e. The zero-order valence-electron chi connectivity index (χ0n) is 23.0. The van der Waals surface area contributed by atoms with E-state index in [-0.39, 0.29) is 22.2 Å². The van der Waals surface area contributed by atoms with Crippen molar-refractivity contribution in [3.63, 3.8) is 0 Å². The first-order chi connectivity index (χ1) is 16.9. The molecule has 3 aromatic rings. The number of rotatable bonds is 6. The minimum absolute atomic E-state index is 0.0360. The lowest BCUT2D eigenvalue weighted by atomic mass is 10.0. The van der Waals surface area contributed by atoms with Crippen molar-refractivity contribution in [2.75, 3.05) is 10.0 Å². The highest BCUT2D eigenvalue weighted by Gasteiger charge is 2.27. The highest BCUT2D eigenvalue weighted by Crippen LogP contribution is 2.29. The fourth-order valence-corrected chi connectivity index (χ4v) is 5.02. The van der Waals surface area contributed by atoms with Gasteiger partial charge in [-0.05, 0) is 63.1 Å². The van der Waals surface area contributed by atoms with E-state index >= 15 is 0 Å². The third-order valence-corrected chi connectivity index (χ3v) is 6.45. The number of hydrogen-bond acceptors (Lipinski definition) is 7. The van der Waals surface area contributed by atoms with Gasteiger partial charge in [-0.3, -0.25) is 9.59 Å². The predicted octanol–water partition coefficient (Wildman–Crippen LogP) is 4.23. The number of nitrogens with one attached hydrogen (secondary N) is 2. The van der Waals surface area contributed by atoms with Crippen LogP contribution in [0.2, 0.25) is 0 Å². The molecule has 0 spiro atoms. The highest BCUT2D eigenvalue weighted by atomic mass is 32.2. The van der Waals surface area contributed by atoms with E-state index in [1.54, 1.807) is 19.9 Å². The van der Waals surface area contributed by atoms with Crippen molar-refractivity contribution in [1.82, 2.24) is 5.16 Å². The van der Waals surface area contributed by atoms with Gasteiger partial charge in [-0.25, -0.2) is 13.1 Å². The first-order valence-electron chi connectivity index (χ1n) is 11.9. The van der Waals surface area contributed by atoms with Crippen LogP contribution in [-0.2, 0) is 10.0 Å². The van der Waals surface area contributed by atoms with Gasteiger partial charge in [0.1, 0.15) is 9.77 Å². The van der Waals surface area contributed by atoms with Crippen molar-refractivity contribution in [3.8, 4) is 0 Å². The summed E-state index contributed by atoms with van der Waals surface area (Å²) in [7, 11) is -4.68. The van der Waals surface area contributed by atoms with E-state index in [9.17, 15) is 18.0 Å². The van der Waals surface area contributed by atoms with Crippen LogP contribution in [0.5, 0.6) is 0 Å². The van der Waals surface area contributed by atoms with Gasteiger partial charge in [0.15, 0.2) is 5.78 Å². The molecule has 0 aliphatic rings. The van der Waals surface area contributed by atoms with Gasteiger partial charge in [0, 0.05) is 19.4 Å². The molecular formula is C20H21N3O5S2. The number of anilines is 2. The molecule has 0 aliphatic heterocycles. The predicted molar refractivity (Wildman–Crippen MR) is 115 cm³/mol. The molecule has 3 rings (SSSR count). The number of Topliss-reactive ketones (excluding diaryl/α,β-unsaturated/α-hetero) is 1. The second-order valence-corrected chi connectivity index (χ2v) is 8.92. The second-order valence-electron chi connectivity index (χ2n) is 6.35. The Balaban J connectivity index is 2.03. The number of ketones is 1. The minimum Gasteiger partial charge on any atom is -0.337 e. The Hall–Kier alpha value is -2.98. The molecule has 0 radical (unpaired) electrons. The summed E-state index contributed by atoms with van der Waals surface area (Å²) < 4.78 is 86.3. The van der Waals surface area contributed by atoms with Crippen molar-refractivity contribution in [2.45, 2.75) is 39.4 Å². The maximum absolute atomic E-state index is 13.1. The normalized spacial score (nSPS) is 15.6. The summed E-state index contributed by atoms with van der Waals surface area (Å²) in [6.07, 6.45) is 0. The molecule has 0 bridgehead atoms. The Morgan fingerprint density at radius 2 is 2.07 bits per heavy atom. The molecule has 2 heterocycles. The maximum atomic E-state index is 13.1. The standard InChI is InChI=1S/C20H21N3O5S2/c1-10-8-11(2)17(15(9-10)14(5)24)21-19(25)18-16(6-7-29-18)30(26,27)23-20-12(3)13(4)22-28-20/h6-9,23H,1-5H3,(H,21,25)/i3D3,4D3,9D. The molecule has 30 heavy (non-hydrogen) atoms. The van der Waals surface area contributed by atoms with E-state index in [0.29, 0.717) is 11.1 Å². The Bertz CT molecular complexity index is 1510. The molecule has 1 aromatic carbocycles. The van der Waals surface area contributed by atoms with Crippen LogP contribution in [0.15, 0.2) is 33.0 Å². The summed E-state index contributed by atoms with van der Waals surface area (Å²) in [6.45, 7) is -1.60. The van der Waals surface area contributed by atoms with Gasteiger partial charge in [-0.2, -0.15) is 0 Å². The first-order valence-corrected chi connectivity index (χ1v) is 10.8. The molecule has 10 heteroatoms. The number of carbonyl (C=O) groups excluding carboxylic acids is 2. The average Bonchev–Trinajstić information content (AvgIpc) is 3.38. The van der Waals surface area contributed by atoms with E-state index in [0.717, 1.165) is 17.4 Å². The number of hydrogen-bond donors (Lipinski definition) is 2. The topological polar surface area (TPSA) is 118 Å². The van der Waals surface area contributed by atoms with Crippen LogP contribution in [0.4, 0.5) is 11.6 Å². The molecular weight excluding hydrogens is 426 g/mol. The largest absolute Gasteiger partial charge is 0.337 e. The van der Waals surface area contributed by atoms with E-state index in [1.807, 2.05) is 4.72 Å². The number of aryl methyl sites for hydroxylation is 3. The summed E-state index contributed by atoms with van der Waals surface area (Å²) in [5.74, 6) is -2.29. The fraction of sp³-hybridized carbons (Fsp3) is 0.250. The Morgan fingerprint density at radius 1 is 1.30 bits per heavy atom. The highest BCUT2D eigenvalue weighted by molar-refractivity contribution is 7.93. The zero-order valence-corrected chi connectivity index (χ0v) is 17.7. The average molecular weight is 455 g/mol. The molecule has 0 saturated carbocycles. The van der Waals surface area contributed by atoms with E-state index < -0.39 is 57.5 Å². The summed E-state index contributed by atoms with van der Waals surface area (Å²) in [6, 6.07) is 2.60. The number of amides is 1. The zero-order chi connectivity index (χ0) is 28.1. The number of carbonyl (C=O) groups is 2. The molecule has 1 amide bonds. The lowest BCUT2D eigenvalue weighted by Crippen LogP contribution is -2.20. The number of sulfonamides is 1. The van der Waals surface area contributed by atoms with Crippen molar-refractivity contribution in [3.05, 3.63) is 56.4 Å². The summed E-state index contributed by atoms with van der Waals surface area (Å²) in [4.78, 5) is 24.4. The van der Waals surface area contributed by atoms with Crippen LogP contribution >= 0.6 is 11.3 Å². The van der Waals surface area contributed by atoms with Crippen molar-refractivity contribution in [2.24, 2.45) is 0 Å². The second kappa shape index (κ2) is 8.04. The number of aromatic nitrogens is 1. The molecule has 0 fully saturated rings. The molecule has 8 nitrogen and oxygen atoms in total. The molecule has 0 unspecified atom stereocenters. The van der Waals surface area contributed by atoms with Gasteiger partial charge >= 0.3 is 0 Å². The van der Waals surface area contributed by atoms with Gasteiger partial charge in [-0.1, -0.05) is 11.2 Å². The van der Waals surface area contributed by atoms with Gasteiger partial charge < -0.3 is 9.84 Å². The molecule has 0 aliphatic carbocycles. The molecule has 158 valence electrons. The van der Waals surface area contributed by atoms with E-state index in [1.165, 1.54) is 12.3 Å². The molecule has 0 saturated heterocycles. The Kier molecular flexibility index (Phi) is 3.78. The number of benzene rings is 1. The summed E-state index contributed by atoms with van der Waals surface area (Å²) in [5.41, 5.74) is -0.843. The van der Waals surface area contributed by atoms with Crippen molar-refractivity contribution < 1.29 is 32.1 Å². The van der Waals surface area contributed by atoms with Gasteiger partial charge in [0.05, 0.1) is 12.8 Å². The van der Waals surface area contributed by atoms with Gasteiger partial charge in [0.2, 0.25) is 5.88 Å². The first kappa shape index (κ1) is 14.1. The lowest BCUT2D eigenvalue weighted by molar-refractivity contribution is 0.101. The third kappa shape index (κ3) is 4.14. The van der Waals surface area contributed by atoms with Crippen LogP contribution in [0.25, 0.3) is 0 Å². The van der Waals surface area contributed by atoms with Gasteiger partial charge in [-0.15, -0.1) is 11.3 Å². The molecule has 2 aromatic heterocycles. The van der Waals surface area contributed by atoms with Crippen molar-refractivity contribution >= 4 is 44.6 Å². The van der Waals surface area contributed by atoms with Crippen LogP contribution in [-0.4, -0.2) is 25.3 Å². The van der Waals surface area contributed by atoms with E-state index in [2.05, 4.69) is 10.5 Å². The summed E-state index contributed by atoms with van der Waals surface area (Å²) in [5, 5.41) is 7.04. The van der Waals surface area contributed by atoms with Crippen LogP contribution < -0.4 is 10.0 Å². The molecule has 2 N–H and O–H groups in total. The number of thiophene rings is 1. The summed E-state index contributed by atoms with van der Waals surface area (Å²) >= 11 is 0.751. The Morgan fingerprint density at radius 3 is 2.73 bits per heavy atom. The van der Waals surface area contributed by atoms with E-state index in [4.69, 9.17) is 14.1 Å². The van der Waals surface area contributed by atoms with Crippen LogP contribution in [0.3, 0.4) is 0 Å². The Labute approximate surface area is 188 Å². The number of nitrogens with zero attached hydrogens (tertiary/aromatic N) is 1. The van der Waals surface area contributed by atoms with Gasteiger partial charge in [0.25, 0.3) is 15.9 Å².